The Morgan fingerprint density at radius 3 is 2.86 bits per heavy atom. The van der Waals surface area contributed by atoms with Gasteiger partial charge in [-0.3, -0.25) is 4.79 Å². The van der Waals surface area contributed by atoms with E-state index in [0.29, 0.717) is 19.5 Å². The first kappa shape index (κ1) is 16.4. The van der Waals surface area contributed by atoms with E-state index in [2.05, 4.69) is 11.1 Å². The maximum atomic E-state index is 12.0. The van der Waals surface area contributed by atoms with Crippen molar-refractivity contribution in [1.29, 1.82) is 0 Å². The first-order valence-corrected chi connectivity index (χ1v) is 7.79. The Hall–Kier alpha value is -2.00. The van der Waals surface area contributed by atoms with Crippen molar-refractivity contribution < 1.29 is 4.79 Å². The van der Waals surface area contributed by atoms with Crippen LogP contribution in [0.2, 0.25) is 5.02 Å². The lowest BCUT2D eigenvalue weighted by atomic mass is 10.2. The fraction of sp³-hybridized carbons (Fsp3) is 0.278. The molecule has 0 saturated carbocycles. The lowest BCUT2D eigenvalue weighted by Gasteiger charge is -2.21. The van der Waals surface area contributed by atoms with E-state index in [9.17, 15) is 4.79 Å². The van der Waals surface area contributed by atoms with E-state index in [1.165, 1.54) is 0 Å². The molecule has 0 saturated heterocycles. The number of rotatable bonds is 7. The number of carbonyl (C=O) groups is 1. The fourth-order valence-electron chi connectivity index (χ4n) is 2.41. The van der Waals surface area contributed by atoms with Gasteiger partial charge >= 0.3 is 0 Å². The standard InChI is InChI=1S/C18H21ClN2O/c1-3-10-21(18(22)4-2)14-17-9-6-11-20(17)13-15-7-5-8-16(19)12-15/h3,5-9,11-12H,1,4,10,13-14H2,2H3. The average Bonchev–Trinajstić information content (AvgIpc) is 2.93. The van der Waals surface area contributed by atoms with Crippen molar-refractivity contribution in [2.24, 2.45) is 0 Å². The van der Waals surface area contributed by atoms with E-state index in [4.69, 9.17) is 11.6 Å². The molecule has 116 valence electrons. The highest BCUT2D eigenvalue weighted by Gasteiger charge is 2.12. The zero-order chi connectivity index (χ0) is 15.9. The zero-order valence-corrected chi connectivity index (χ0v) is 13.6. The summed E-state index contributed by atoms with van der Waals surface area (Å²) in [4.78, 5) is 13.8. The molecule has 0 spiro atoms. The molecule has 2 aromatic rings. The molecule has 0 aliphatic heterocycles. The second-order valence-corrected chi connectivity index (χ2v) is 5.61. The van der Waals surface area contributed by atoms with Gasteiger partial charge in [0, 0.05) is 36.4 Å². The summed E-state index contributed by atoms with van der Waals surface area (Å²) in [7, 11) is 0. The summed E-state index contributed by atoms with van der Waals surface area (Å²) in [6.07, 6.45) is 4.29. The van der Waals surface area contributed by atoms with Crippen LogP contribution < -0.4 is 0 Å². The first-order valence-electron chi connectivity index (χ1n) is 7.41. The molecule has 1 aromatic heterocycles. The maximum Gasteiger partial charge on any atom is 0.222 e. The van der Waals surface area contributed by atoms with Gasteiger partial charge in [0.05, 0.1) is 6.54 Å². The minimum absolute atomic E-state index is 0.135. The minimum Gasteiger partial charge on any atom is -0.345 e. The van der Waals surface area contributed by atoms with E-state index < -0.39 is 0 Å². The second kappa shape index (κ2) is 7.85. The van der Waals surface area contributed by atoms with Crippen LogP contribution in [-0.2, 0) is 17.9 Å². The maximum absolute atomic E-state index is 12.0. The van der Waals surface area contributed by atoms with Crippen molar-refractivity contribution in [2.75, 3.05) is 6.54 Å². The highest BCUT2D eigenvalue weighted by Crippen LogP contribution is 2.15. The largest absolute Gasteiger partial charge is 0.345 e. The van der Waals surface area contributed by atoms with Crippen molar-refractivity contribution in [3.63, 3.8) is 0 Å². The molecule has 4 heteroatoms. The van der Waals surface area contributed by atoms with E-state index in [1.54, 1.807) is 6.08 Å². The van der Waals surface area contributed by atoms with Gasteiger partial charge in [-0.1, -0.05) is 36.7 Å². The number of amides is 1. The Kier molecular flexibility index (Phi) is 5.84. The van der Waals surface area contributed by atoms with Crippen LogP contribution in [0.25, 0.3) is 0 Å². The number of hydrogen-bond donors (Lipinski definition) is 0. The molecule has 0 bridgehead atoms. The zero-order valence-electron chi connectivity index (χ0n) is 12.8. The van der Waals surface area contributed by atoms with Gasteiger partial charge in [-0.15, -0.1) is 6.58 Å². The highest BCUT2D eigenvalue weighted by molar-refractivity contribution is 6.30. The van der Waals surface area contributed by atoms with Crippen LogP contribution >= 0.6 is 11.6 Å². The highest BCUT2D eigenvalue weighted by atomic mass is 35.5. The summed E-state index contributed by atoms with van der Waals surface area (Å²) >= 11 is 6.04. The number of hydrogen-bond acceptors (Lipinski definition) is 1. The van der Waals surface area contributed by atoms with Gasteiger partial charge in [-0.2, -0.15) is 0 Å². The van der Waals surface area contributed by atoms with Crippen LogP contribution in [0.5, 0.6) is 0 Å². The van der Waals surface area contributed by atoms with E-state index in [0.717, 1.165) is 22.8 Å². The molecule has 3 nitrogen and oxygen atoms in total. The molecule has 2 rings (SSSR count). The van der Waals surface area contributed by atoms with Crippen LogP contribution in [0.4, 0.5) is 0 Å². The third kappa shape index (κ3) is 4.25. The smallest absolute Gasteiger partial charge is 0.222 e. The van der Waals surface area contributed by atoms with E-state index in [-0.39, 0.29) is 5.91 Å². The Morgan fingerprint density at radius 2 is 2.18 bits per heavy atom. The van der Waals surface area contributed by atoms with Gasteiger partial charge in [0.15, 0.2) is 0 Å². The summed E-state index contributed by atoms with van der Waals surface area (Å²) in [5, 5.41) is 0.737. The lowest BCUT2D eigenvalue weighted by Crippen LogP contribution is -2.30. The molecule has 0 aliphatic carbocycles. The van der Waals surface area contributed by atoms with Gasteiger partial charge in [0.25, 0.3) is 0 Å². The van der Waals surface area contributed by atoms with E-state index in [1.807, 2.05) is 54.4 Å². The van der Waals surface area contributed by atoms with Crippen molar-refractivity contribution in [2.45, 2.75) is 26.4 Å². The van der Waals surface area contributed by atoms with Crippen molar-refractivity contribution in [3.05, 3.63) is 71.5 Å². The van der Waals surface area contributed by atoms with Crippen LogP contribution in [-0.4, -0.2) is 21.9 Å². The molecule has 0 atom stereocenters. The SMILES string of the molecule is C=CCN(Cc1cccn1Cc1cccc(Cl)c1)C(=O)CC. The molecule has 0 unspecified atom stereocenters. The lowest BCUT2D eigenvalue weighted by molar-refractivity contribution is -0.131. The molecule has 0 N–H and O–H groups in total. The summed E-state index contributed by atoms with van der Waals surface area (Å²) in [6.45, 7) is 7.50. The predicted octanol–water partition coefficient (Wildman–Crippen LogP) is 4.11. The normalized spacial score (nSPS) is 10.5. The Bertz CT molecular complexity index is 648. The third-order valence-electron chi connectivity index (χ3n) is 3.52. The number of nitrogens with zero attached hydrogens (tertiary/aromatic N) is 2. The second-order valence-electron chi connectivity index (χ2n) is 5.17. The predicted molar refractivity (Wildman–Crippen MR) is 90.9 cm³/mol. The van der Waals surface area contributed by atoms with Gasteiger partial charge < -0.3 is 9.47 Å². The monoisotopic (exact) mass is 316 g/mol. The Morgan fingerprint density at radius 1 is 1.36 bits per heavy atom. The van der Waals surface area contributed by atoms with Crippen LogP contribution in [0.15, 0.2) is 55.3 Å². The molecular weight excluding hydrogens is 296 g/mol. The quantitative estimate of drug-likeness (QED) is 0.706. The summed E-state index contributed by atoms with van der Waals surface area (Å²) in [5.41, 5.74) is 2.24. The van der Waals surface area contributed by atoms with Gasteiger partial charge in [-0.05, 0) is 29.8 Å². The number of aromatic nitrogens is 1. The van der Waals surface area contributed by atoms with Gasteiger partial charge in [0.2, 0.25) is 5.91 Å². The molecule has 0 radical (unpaired) electrons. The molecule has 0 fully saturated rings. The summed E-state index contributed by atoms with van der Waals surface area (Å²) in [6, 6.07) is 11.9. The Labute approximate surface area is 136 Å². The average molecular weight is 317 g/mol. The van der Waals surface area contributed by atoms with Crippen LogP contribution in [0.3, 0.4) is 0 Å². The number of benzene rings is 1. The molecular formula is C18H21ClN2O. The van der Waals surface area contributed by atoms with Crippen molar-refractivity contribution in [1.82, 2.24) is 9.47 Å². The minimum atomic E-state index is 0.135. The van der Waals surface area contributed by atoms with Crippen LogP contribution in [0.1, 0.15) is 24.6 Å². The molecule has 1 amide bonds. The first-order chi connectivity index (χ1) is 10.6. The van der Waals surface area contributed by atoms with Gasteiger partial charge in [0.1, 0.15) is 0 Å². The topological polar surface area (TPSA) is 25.2 Å². The number of carbonyl (C=O) groups excluding carboxylic acids is 1. The van der Waals surface area contributed by atoms with Crippen molar-refractivity contribution >= 4 is 17.5 Å². The van der Waals surface area contributed by atoms with Gasteiger partial charge in [-0.25, -0.2) is 0 Å². The molecule has 1 heterocycles. The molecule has 22 heavy (non-hydrogen) atoms. The molecule has 0 aliphatic rings. The summed E-state index contributed by atoms with van der Waals surface area (Å²) in [5.74, 6) is 0.135. The number of halogens is 1. The van der Waals surface area contributed by atoms with E-state index >= 15 is 0 Å². The van der Waals surface area contributed by atoms with Crippen LogP contribution in [0, 0.1) is 0 Å². The Balaban J connectivity index is 2.14. The molecule has 1 aromatic carbocycles. The summed E-state index contributed by atoms with van der Waals surface area (Å²) < 4.78 is 2.14. The third-order valence-corrected chi connectivity index (χ3v) is 3.76. The van der Waals surface area contributed by atoms with Crippen molar-refractivity contribution in [3.8, 4) is 0 Å². The fourth-order valence-corrected chi connectivity index (χ4v) is 2.62.